The Hall–Kier alpha value is -0.670. The van der Waals surface area contributed by atoms with E-state index in [0.717, 1.165) is 18.4 Å². The summed E-state index contributed by atoms with van der Waals surface area (Å²) in [6.07, 6.45) is 4.78. The van der Waals surface area contributed by atoms with Crippen LogP contribution >= 0.6 is 11.6 Å². The van der Waals surface area contributed by atoms with Crippen LogP contribution in [0.25, 0.3) is 0 Å². The molecule has 0 amide bonds. The molecule has 2 nitrogen and oxygen atoms in total. The lowest BCUT2D eigenvalue weighted by Gasteiger charge is -2.30. The van der Waals surface area contributed by atoms with Gasteiger partial charge < -0.3 is 5.32 Å². The first-order valence-electron chi connectivity index (χ1n) is 5.56. The third kappa shape index (κ3) is 3.42. The van der Waals surface area contributed by atoms with Gasteiger partial charge in [-0.05, 0) is 24.5 Å². The van der Waals surface area contributed by atoms with Crippen molar-refractivity contribution in [3.63, 3.8) is 0 Å². The lowest BCUT2D eigenvalue weighted by molar-refractivity contribution is 0.334. The highest BCUT2D eigenvalue weighted by molar-refractivity contribution is 6.18. The summed E-state index contributed by atoms with van der Waals surface area (Å²) in [6, 6.07) is 1.49. The average Bonchev–Trinajstić information content (AvgIpc) is 2.32. The summed E-state index contributed by atoms with van der Waals surface area (Å²) in [6.45, 7) is 4.80. The van der Waals surface area contributed by atoms with Crippen LogP contribution in [0.4, 0.5) is 4.39 Å². The van der Waals surface area contributed by atoms with E-state index in [2.05, 4.69) is 24.1 Å². The van der Waals surface area contributed by atoms with Crippen molar-refractivity contribution in [2.75, 3.05) is 5.88 Å². The van der Waals surface area contributed by atoms with E-state index < -0.39 is 0 Å². The van der Waals surface area contributed by atoms with Gasteiger partial charge in [-0.2, -0.15) is 0 Å². The molecule has 0 fully saturated rings. The lowest BCUT2D eigenvalue weighted by atomic mass is 9.95. The van der Waals surface area contributed by atoms with Crippen LogP contribution < -0.4 is 5.32 Å². The first kappa shape index (κ1) is 13.4. The average molecular weight is 245 g/mol. The van der Waals surface area contributed by atoms with Gasteiger partial charge >= 0.3 is 0 Å². The van der Waals surface area contributed by atoms with E-state index in [0.29, 0.717) is 12.4 Å². The van der Waals surface area contributed by atoms with E-state index in [9.17, 15) is 4.39 Å². The molecule has 0 radical (unpaired) electrons. The number of nitrogens with one attached hydrogen (secondary N) is 1. The summed E-state index contributed by atoms with van der Waals surface area (Å²) < 4.78 is 12.9. The first-order chi connectivity index (χ1) is 7.65. The Morgan fingerprint density at radius 1 is 1.38 bits per heavy atom. The van der Waals surface area contributed by atoms with Gasteiger partial charge in [-0.15, -0.1) is 11.6 Å². The maximum atomic E-state index is 12.9. The molecule has 0 bridgehead atoms. The number of rotatable bonds is 6. The van der Waals surface area contributed by atoms with Crippen molar-refractivity contribution in [1.29, 1.82) is 0 Å². The van der Waals surface area contributed by atoms with E-state index in [4.69, 9.17) is 11.6 Å². The zero-order valence-electron chi connectivity index (χ0n) is 9.76. The molecule has 1 heterocycles. The number of halogens is 2. The largest absolute Gasteiger partial charge is 0.306 e. The molecule has 0 aliphatic heterocycles. The van der Waals surface area contributed by atoms with Crippen LogP contribution in [0.3, 0.4) is 0 Å². The minimum atomic E-state index is -0.302. The minimum Gasteiger partial charge on any atom is -0.306 e. The molecule has 1 aromatic rings. The number of hydrogen-bond acceptors (Lipinski definition) is 2. The van der Waals surface area contributed by atoms with Crippen LogP contribution in [0.1, 0.15) is 32.3 Å². The molecule has 1 N–H and O–H groups in total. The highest BCUT2D eigenvalue weighted by atomic mass is 35.5. The Labute approximate surface area is 101 Å². The molecule has 0 unspecified atom stereocenters. The van der Waals surface area contributed by atoms with Crippen molar-refractivity contribution in [3.05, 3.63) is 29.8 Å². The standard InChI is InChI=1S/C12H18ClFN2/c1-3-12(4-2,9-13)16-7-10-5-11(14)8-15-6-10/h5-6,8,16H,3-4,7,9H2,1-2H3. The van der Waals surface area contributed by atoms with E-state index >= 15 is 0 Å². The Morgan fingerprint density at radius 2 is 2.06 bits per heavy atom. The number of alkyl halides is 1. The van der Waals surface area contributed by atoms with Gasteiger partial charge in [-0.3, -0.25) is 4.98 Å². The number of pyridine rings is 1. The van der Waals surface area contributed by atoms with Gasteiger partial charge in [0.05, 0.1) is 6.20 Å². The minimum absolute atomic E-state index is 0.0616. The topological polar surface area (TPSA) is 24.9 Å². The van der Waals surface area contributed by atoms with E-state index in [-0.39, 0.29) is 11.4 Å². The Kier molecular flexibility index (Phi) is 5.16. The molecule has 0 aliphatic carbocycles. The molecule has 0 saturated heterocycles. The molecule has 90 valence electrons. The molecule has 0 aromatic carbocycles. The van der Waals surface area contributed by atoms with Crippen molar-refractivity contribution >= 4 is 11.6 Å². The lowest BCUT2D eigenvalue weighted by Crippen LogP contribution is -2.45. The van der Waals surface area contributed by atoms with Gasteiger partial charge in [0.15, 0.2) is 0 Å². The third-order valence-corrected chi connectivity index (χ3v) is 3.55. The van der Waals surface area contributed by atoms with Crippen molar-refractivity contribution in [1.82, 2.24) is 10.3 Å². The smallest absolute Gasteiger partial charge is 0.141 e. The highest BCUT2D eigenvalue weighted by Gasteiger charge is 2.23. The highest BCUT2D eigenvalue weighted by Crippen LogP contribution is 2.17. The van der Waals surface area contributed by atoms with Crippen molar-refractivity contribution in [3.8, 4) is 0 Å². The predicted molar refractivity (Wildman–Crippen MR) is 65.1 cm³/mol. The molecule has 0 spiro atoms. The molecular formula is C12H18ClFN2. The summed E-state index contributed by atoms with van der Waals surface area (Å²) in [5, 5.41) is 3.39. The Bertz CT molecular complexity index is 318. The van der Waals surface area contributed by atoms with Crippen molar-refractivity contribution in [2.24, 2.45) is 0 Å². The van der Waals surface area contributed by atoms with Crippen molar-refractivity contribution in [2.45, 2.75) is 38.8 Å². The molecule has 16 heavy (non-hydrogen) atoms. The number of hydrogen-bond donors (Lipinski definition) is 1. The summed E-state index contributed by atoms with van der Waals surface area (Å²) >= 11 is 5.97. The number of aromatic nitrogens is 1. The van der Waals surface area contributed by atoms with Crippen LogP contribution in [-0.4, -0.2) is 16.4 Å². The van der Waals surface area contributed by atoms with Crippen LogP contribution in [-0.2, 0) is 6.54 Å². The van der Waals surface area contributed by atoms with Gasteiger partial charge in [0.2, 0.25) is 0 Å². The number of nitrogens with zero attached hydrogens (tertiary/aromatic N) is 1. The fourth-order valence-electron chi connectivity index (χ4n) is 1.58. The summed E-state index contributed by atoms with van der Waals surface area (Å²) in [7, 11) is 0. The van der Waals surface area contributed by atoms with Crippen LogP contribution in [0.2, 0.25) is 0 Å². The maximum Gasteiger partial charge on any atom is 0.141 e. The maximum absolute atomic E-state index is 12.9. The summed E-state index contributed by atoms with van der Waals surface area (Å²) in [5.74, 6) is 0.256. The summed E-state index contributed by atoms with van der Waals surface area (Å²) in [4.78, 5) is 3.81. The molecular weight excluding hydrogens is 227 g/mol. The van der Waals surface area contributed by atoms with Gasteiger partial charge in [0.1, 0.15) is 5.82 Å². The van der Waals surface area contributed by atoms with Gasteiger partial charge in [0.25, 0.3) is 0 Å². The quantitative estimate of drug-likeness (QED) is 0.778. The van der Waals surface area contributed by atoms with Gasteiger partial charge in [-0.25, -0.2) is 4.39 Å². The molecule has 0 saturated carbocycles. The van der Waals surface area contributed by atoms with Gasteiger partial charge in [0, 0.05) is 24.2 Å². The SMILES string of the molecule is CCC(CC)(CCl)NCc1cncc(F)c1. The van der Waals surface area contributed by atoms with Crippen LogP contribution in [0.15, 0.2) is 18.5 Å². The first-order valence-corrected chi connectivity index (χ1v) is 6.09. The Morgan fingerprint density at radius 3 is 2.56 bits per heavy atom. The fourth-order valence-corrected chi connectivity index (χ4v) is 2.05. The van der Waals surface area contributed by atoms with E-state index in [1.54, 1.807) is 6.20 Å². The van der Waals surface area contributed by atoms with Gasteiger partial charge in [-0.1, -0.05) is 13.8 Å². The van der Waals surface area contributed by atoms with Crippen molar-refractivity contribution < 1.29 is 4.39 Å². The third-order valence-electron chi connectivity index (χ3n) is 3.04. The summed E-state index contributed by atoms with van der Waals surface area (Å²) in [5.41, 5.74) is 0.782. The predicted octanol–water partition coefficient (Wildman–Crippen LogP) is 3.11. The zero-order valence-corrected chi connectivity index (χ0v) is 10.5. The van der Waals surface area contributed by atoms with Crippen LogP contribution in [0, 0.1) is 5.82 Å². The second-order valence-corrected chi connectivity index (χ2v) is 4.25. The van der Waals surface area contributed by atoms with Crippen LogP contribution in [0.5, 0.6) is 0 Å². The zero-order chi connectivity index (χ0) is 12.0. The van der Waals surface area contributed by atoms with E-state index in [1.807, 2.05) is 0 Å². The second-order valence-electron chi connectivity index (χ2n) is 3.99. The normalized spacial score (nSPS) is 11.8. The second kappa shape index (κ2) is 6.16. The molecule has 0 atom stereocenters. The fraction of sp³-hybridized carbons (Fsp3) is 0.583. The Balaban J connectivity index is 2.62. The van der Waals surface area contributed by atoms with E-state index in [1.165, 1.54) is 12.3 Å². The molecule has 1 aromatic heterocycles. The molecule has 0 aliphatic rings. The monoisotopic (exact) mass is 244 g/mol. The molecule has 4 heteroatoms. The molecule has 1 rings (SSSR count).